The Labute approximate surface area is 68.8 Å². The average molecular weight is 159 g/mol. The number of hydrogen-bond donors (Lipinski definition) is 3. The van der Waals surface area contributed by atoms with E-state index in [4.69, 9.17) is 16.6 Å². The maximum atomic E-state index is 8.87. The predicted molar refractivity (Wildman–Crippen MR) is 46.4 cm³/mol. The molecule has 0 saturated carbocycles. The monoisotopic (exact) mass is 159 g/mol. The van der Waals surface area contributed by atoms with Gasteiger partial charge in [-0.15, -0.1) is 0 Å². The summed E-state index contributed by atoms with van der Waals surface area (Å²) < 4.78 is 0. The van der Waals surface area contributed by atoms with Crippen LogP contribution < -0.4 is 11.5 Å². The number of hydrogen-bond acceptors (Lipinski definition) is 3. The van der Waals surface area contributed by atoms with Crippen LogP contribution in [0.25, 0.3) is 0 Å². The smallest absolute Gasteiger partial charge is 0.170 e. The van der Waals surface area contributed by atoms with E-state index in [1.807, 2.05) is 0 Å². The van der Waals surface area contributed by atoms with Crippen LogP contribution in [-0.2, 0) is 0 Å². The summed E-state index contributed by atoms with van der Waals surface area (Å²) in [7, 11) is 0. The largest absolute Gasteiger partial charge is 0.363 e. The number of rotatable bonds is 6. The molecular formula is C8H19N2O. The van der Waals surface area contributed by atoms with Crippen LogP contribution in [0.2, 0.25) is 0 Å². The summed E-state index contributed by atoms with van der Waals surface area (Å²) >= 11 is 0. The minimum absolute atomic E-state index is 0.795. The van der Waals surface area contributed by atoms with Crippen molar-refractivity contribution in [3.63, 3.8) is 0 Å². The van der Waals surface area contributed by atoms with E-state index in [1.165, 1.54) is 19.3 Å². The van der Waals surface area contributed by atoms with Gasteiger partial charge >= 0.3 is 0 Å². The standard InChI is InChI=1S/C8H19N2O/c1-2-3-4-5-6-7-8(9,10)11/h7,11H,2-6,9-10H2,1H3. The first-order valence-electron chi connectivity index (χ1n) is 4.20. The second-order valence-corrected chi connectivity index (χ2v) is 2.94. The van der Waals surface area contributed by atoms with Crippen molar-refractivity contribution in [2.45, 2.75) is 44.9 Å². The highest BCUT2D eigenvalue weighted by Gasteiger charge is 2.12. The van der Waals surface area contributed by atoms with Gasteiger partial charge in [-0.1, -0.05) is 32.6 Å². The van der Waals surface area contributed by atoms with Crippen LogP contribution in [0, 0.1) is 6.42 Å². The van der Waals surface area contributed by atoms with Crippen LogP contribution in [0.15, 0.2) is 0 Å². The van der Waals surface area contributed by atoms with Crippen LogP contribution in [-0.4, -0.2) is 11.0 Å². The molecule has 0 aliphatic rings. The summed E-state index contributed by atoms with van der Waals surface area (Å²) in [5, 5.41) is 8.87. The average Bonchev–Trinajstić information content (AvgIpc) is 1.85. The maximum absolute atomic E-state index is 8.87. The lowest BCUT2D eigenvalue weighted by Crippen LogP contribution is -2.49. The molecule has 0 aromatic heterocycles. The first-order chi connectivity index (χ1) is 5.06. The SMILES string of the molecule is CCCCCC[CH]C(N)(N)O. The zero-order chi connectivity index (χ0) is 8.74. The fraction of sp³-hybridized carbons (Fsp3) is 0.875. The predicted octanol–water partition coefficient (Wildman–Crippen LogP) is 0.725. The van der Waals surface area contributed by atoms with Crippen LogP contribution in [0.5, 0.6) is 0 Å². The van der Waals surface area contributed by atoms with Crippen LogP contribution in [0.3, 0.4) is 0 Å². The minimum Gasteiger partial charge on any atom is -0.363 e. The summed E-state index contributed by atoms with van der Waals surface area (Å²) in [6.07, 6.45) is 7.04. The van der Waals surface area contributed by atoms with E-state index in [2.05, 4.69) is 6.92 Å². The zero-order valence-corrected chi connectivity index (χ0v) is 7.21. The van der Waals surface area contributed by atoms with Crippen molar-refractivity contribution in [1.82, 2.24) is 0 Å². The summed E-state index contributed by atoms with van der Waals surface area (Å²) in [5.41, 5.74) is 10.3. The van der Waals surface area contributed by atoms with E-state index in [-0.39, 0.29) is 0 Å². The van der Waals surface area contributed by atoms with Crippen molar-refractivity contribution >= 4 is 0 Å². The highest BCUT2D eigenvalue weighted by atomic mass is 16.3. The molecule has 0 spiro atoms. The topological polar surface area (TPSA) is 72.3 Å². The normalized spacial score (nSPS) is 12.0. The second kappa shape index (κ2) is 5.52. The van der Waals surface area contributed by atoms with Gasteiger partial charge in [0.25, 0.3) is 0 Å². The molecule has 1 radical (unpaired) electrons. The highest BCUT2D eigenvalue weighted by molar-refractivity contribution is 4.80. The first kappa shape index (κ1) is 10.9. The van der Waals surface area contributed by atoms with Crippen LogP contribution in [0.4, 0.5) is 0 Å². The molecule has 0 aliphatic heterocycles. The summed E-state index contributed by atoms with van der Waals surface area (Å²) in [6, 6.07) is 0. The van der Waals surface area contributed by atoms with Gasteiger partial charge in [0.05, 0.1) is 0 Å². The third-order valence-electron chi connectivity index (χ3n) is 1.53. The Balaban J connectivity index is 3.02. The highest BCUT2D eigenvalue weighted by Crippen LogP contribution is 2.06. The van der Waals surface area contributed by atoms with Gasteiger partial charge in [-0.3, -0.25) is 11.5 Å². The van der Waals surface area contributed by atoms with E-state index in [0.717, 1.165) is 12.8 Å². The lowest BCUT2D eigenvalue weighted by Gasteiger charge is -2.15. The van der Waals surface area contributed by atoms with E-state index < -0.39 is 5.85 Å². The third-order valence-corrected chi connectivity index (χ3v) is 1.53. The summed E-state index contributed by atoms with van der Waals surface area (Å²) in [4.78, 5) is 0. The molecule has 0 aromatic carbocycles. The zero-order valence-electron chi connectivity index (χ0n) is 7.21. The van der Waals surface area contributed by atoms with E-state index in [0.29, 0.717) is 0 Å². The van der Waals surface area contributed by atoms with Crippen molar-refractivity contribution in [2.24, 2.45) is 11.5 Å². The molecule has 0 aromatic rings. The van der Waals surface area contributed by atoms with Gasteiger partial charge in [0.15, 0.2) is 5.85 Å². The number of unbranched alkanes of at least 4 members (excludes halogenated alkanes) is 4. The summed E-state index contributed by atoms with van der Waals surface area (Å²) in [5.74, 6) is -1.58. The summed E-state index contributed by atoms with van der Waals surface area (Å²) in [6.45, 7) is 2.16. The molecule has 0 rings (SSSR count). The van der Waals surface area contributed by atoms with Gasteiger partial charge in [0.1, 0.15) is 0 Å². The Bertz CT molecular complexity index is 88.6. The second-order valence-electron chi connectivity index (χ2n) is 2.94. The molecule has 0 saturated heterocycles. The molecule has 0 fully saturated rings. The van der Waals surface area contributed by atoms with E-state index >= 15 is 0 Å². The van der Waals surface area contributed by atoms with Gasteiger partial charge < -0.3 is 5.11 Å². The Kier molecular flexibility index (Phi) is 5.46. The van der Waals surface area contributed by atoms with Gasteiger partial charge in [0, 0.05) is 6.42 Å². The van der Waals surface area contributed by atoms with Gasteiger partial charge in [0.2, 0.25) is 0 Å². The molecule has 0 bridgehead atoms. The van der Waals surface area contributed by atoms with Crippen molar-refractivity contribution in [1.29, 1.82) is 0 Å². The first-order valence-corrected chi connectivity index (χ1v) is 4.20. The molecule has 5 N–H and O–H groups in total. The quantitative estimate of drug-likeness (QED) is 0.395. The van der Waals surface area contributed by atoms with Crippen molar-refractivity contribution in [2.75, 3.05) is 0 Å². The Morgan fingerprint density at radius 2 is 1.91 bits per heavy atom. The van der Waals surface area contributed by atoms with Crippen molar-refractivity contribution in [3.05, 3.63) is 6.42 Å². The Morgan fingerprint density at radius 1 is 1.27 bits per heavy atom. The fourth-order valence-corrected chi connectivity index (χ4v) is 0.904. The van der Waals surface area contributed by atoms with Crippen molar-refractivity contribution < 1.29 is 5.11 Å². The number of aliphatic hydroxyl groups is 1. The van der Waals surface area contributed by atoms with Crippen LogP contribution in [0.1, 0.15) is 39.0 Å². The van der Waals surface area contributed by atoms with Gasteiger partial charge in [-0.2, -0.15) is 0 Å². The lowest BCUT2D eigenvalue weighted by molar-refractivity contribution is 0.0843. The minimum atomic E-state index is -1.58. The van der Waals surface area contributed by atoms with Crippen LogP contribution >= 0.6 is 0 Å². The Morgan fingerprint density at radius 3 is 2.36 bits per heavy atom. The molecule has 0 aliphatic carbocycles. The molecule has 0 atom stereocenters. The molecule has 11 heavy (non-hydrogen) atoms. The Hall–Kier alpha value is -0.120. The van der Waals surface area contributed by atoms with Crippen molar-refractivity contribution in [3.8, 4) is 0 Å². The molecule has 0 amide bonds. The molecule has 3 heteroatoms. The fourth-order valence-electron chi connectivity index (χ4n) is 0.904. The molecule has 3 nitrogen and oxygen atoms in total. The molecule has 0 unspecified atom stereocenters. The number of nitrogens with two attached hydrogens (primary N) is 2. The molecule has 0 heterocycles. The van der Waals surface area contributed by atoms with E-state index in [1.54, 1.807) is 6.42 Å². The van der Waals surface area contributed by atoms with Gasteiger partial charge in [-0.05, 0) is 6.42 Å². The molecular weight excluding hydrogens is 140 g/mol. The lowest BCUT2D eigenvalue weighted by atomic mass is 10.1. The maximum Gasteiger partial charge on any atom is 0.170 e. The van der Waals surface area contributed by atoms with Gasteiger partial charge in [-0.25, -0.2) is 0 Å². The molecule has 67 valence electrons. The van der Waals surface area contributed by atoms with E-state index in [9.17, 15) is 0 Å². The third kappa shape index (κ3) is 9.88.